The van der Waals surface area contributed by atoms with Crippen LogP contribution in [0.25, 0.3) is 0 Å². The zero-order chi connectivity index (χ0) is 9.97. The normalized spacial score (nSPS) is 18.4. The lowest BCUT2D eigenvalue weighted by Gasteiger charge is -2.25. The second-order valence-corrected chi connectivity index (χ2v) is 4.21. The van der Waals surface area contributed by atoms with Crippen LogP contribution in [0.4, 0.5) is 0 Å². The maximum atomic E-state index is 4.22. The summed E-state index contributed by atoms with van der Waals surface area (Å²) in [6.45, 7) is 6.67. The molecule has 76 valence electrons. The molecule has 0 saturated carbocycles. The first kappa shape index (κ1) is 9.66. The van der Waals surface area contributed by atoms with E-state index in [1.54, 1.807) is 5.56 Å². The number of pyridine rings is 1. The standard InChI is InChI=1S/C12H18N2/c1-9-7-14-8-10(2)12(9)11-3-5-13-6-4-11/h7-8,11,13H,3-6H2,1-2H3. The van der Waals surface area contributed by atoms with Crippen molar-refractivity contribution in [2.24, 2.45) is 0 Å². The number of nitrogens with one attached hydrogen (secondary N) is 1. The summed E-state index contributed by atoms with van der Waals surface area (Å²) in [5, 5.41) is 3.41. The highest BCUT2D eigenvalue weighted by Gasteiger charge is 2.18. The fraction of sp³-hybridized carbons (Fsp3) is 0.583. The average Bonchev–Trinajstić information content (AvgIpc) is 2.19. The molecule has 0 amide bonds. The summed E-state index contributed by atoms with van der Waals surface area (Å²) in [5.41, 5.74) is 4.26. The van der Waals surface area contributed by atoms with Crippen molar-refractivity contribution in [1.82, 2.24) is 10.3 Å². The summed E-state index contributed by atoms with van der Waals surface area (Å²) in [6.07, 6.45) is 6.52. The molecule has 2 nitrogen and oxygen atoms in total. The minimum absolute atomic E-state index is 0.749. The van der Waals surface area contributed by atoms with Gasteiger partial charge in [0.05, 0.1) is 0 Å². The van der Waals surface area contributed by atoms with Gasteiger partial charge in [0.2, 0.25) is 0 Å². The molecule has 0 bridgehead atoms. The van der Waals surface area contributed by atoms with Crippen LogP contribution < -0.4 is 5.32 Å². The molecule has 2 heterocycles. The molecule has 1 aliphatic heterocycles. The molecule has 1 aliphatic rings. The van der Waals surface area contributed by atoms with Gasteiger partial charge in [-0.15, -0.1) is 0 Å². The van der Waals surface area contributed by atoms with Crippen molar-refractivity contribution in [3.63, 3.8) is 0 Å². The van der Waals surface area contributed by atoms with Gasteiger partial charge >= 0.3 is 0 Å². The van der Waals surface area contributed by atoms with Crippen molar-refractivity contribution in [3.8, 4) is 0 Å². The Morgan fingerprint density at radius 1 is 1.14 bits per heavy atom. The first-order valence-corrected chi connectivity index (χ1v) is 5.41. The minimum atomic E-state index is 0.749. The number of aromatic nitrogens is 1. The van der Waals surface area contributed by atoms with Crippen LogP contribution in [0.15, 0.2) is 12.4 Å². The van der Waals surface area contributed by atoms with E-state index >= 15 is 0 Å². The average molecular weight is 190 g/mol. The molecule has 0 spiro atoms. The van der Waals surface area contributed by atoms with Gasteiger partial charge < -0.3 is 5.32 Å². The second kappa shape index (κ2) is 4.09. The van der Waals surface area contributed by atoms with Crippen LogP contribution in [0.3, 0.4) is 0 Å². The predicted octanol–water partition coefficient (Wildman–Crippen LogP) is 2.17. The highest BCUT2D eigenvalue weighted by Crippen LogP contribution is 2.29. The van der Waals surface area contributed by atoms with Crippen molar-refractivity contribution >= 4 is 0 Å². The summed E-state index contributed by atoms with van der Waals surface area (Å²) >= 11 is 0. The molecule has 0 atom stereocenters. The molecular weight excluding hydrogens is 172 g/mol. The monoisotopic (exact) mass is 190 g/mol. The van der Waals surface area contributed by atoms with Crippen LogP contribution in [-0.2, 0) is 0 Å². The summed E-state index contributed by atoms with van der Waals surface area (Å²) in [5.74, 6) is 0.749. The Bertz CT molecular complexity index is 294. The molecule has 0 aliphatic carbocycles. The number of hydrogen-bond acceptors (Lipinski definition) is 2. The molecule has 2 rings (SSSR count). The highest BCUT2D eigenvalue weighted by molar-refractivity contribution is 5.33. The number of rotatable bonds is 1. The van der Waals surface area contributed by atoms with Crippen molar-refractivity contribution in [2.45, 2.75) is 32.6 Å². The minimum Gasteiger partial charge on any atom is -0.317 e. The van der Waals surface area contributed by atoms with Gasteiger partial charge in [-0.05, 0) is 62.4 Å². The van der Waals surface area contributed by atoms with Crippen molar-refractivity contribution in [3.05, 3.63) is 29.1 Å². The molecule has 1 fully saturated rings. The van der Waals surface area contributed by atoms with Crippen LogP contribution >= 0.6 is 0 Å². The predicted molar refractivity (Wildman–Crippen MR) is 58.6 cm³/mol. The first-order chi connectivity index (χ1) is 6.79. The van der Waals surface area contributed by atoms with Gasteiger partial charge in [0.1, 0.15) is 0 Å². The molecule has 14 heavy (non-hydrogen) atoms. The summed E-state index contributed by atoms with van der Waals surface area (Å²) in [6, 6.07) is 0. The lowest BCUT2D eigenvalue weighted by Crippen LogP contribution is -2.27. The van der Waals surface area contributed by atoms with E-state index in [9.17, 15) is 0 Å². The van der Waals surface area contributed by atoms with E-state index in [2.05, 4.69) is 24.1 Å². The van der Waals surface area contributed by atoms with E-state index in [0.717, 1.165) is 19.0 Å². The first-order valence-electron chi connectivity index (χ1n) is 5.41. The van der Waals surface area contributed by atoms with Crippen LogP contribution in [0.5, 0.6) is 0 Å². The molecule has 1 saturated heterocycles. The van der Waals surface area contributed by atoms with E-state index < -0.39 is 0 Å². The number of aryl methyl sites for hydroxylation is 2. The molecule has 1 N–H and O–H groups in total. The topological polar surface area (TPSA) is 24.9 Å². The molecule has 1 aromatic heterocycles. The fourth-order valence-corrected chi connectivity index (χ4v) is 2.47. The van der Waals surface area contributed by atoms with Gasteiger partial charge in [-0.1, -0.05) is 0 Å². The lowest BCUT2D eigenvalue weighted by atomic mass is 9.86. The summed E-state index contributed by atoms with van der Waals surface area (Å²) < 4.78 is 0. The zero-order valence-corrected chi connectivity index (χ0v) is 9.01. The summed E-state index contributed by atoms with van der Waals surface area (Å²) in [7, 11) is 0. The Labute approximate surface area is 85.7 Å². The van der Waals surface area contributed by atoms with Gasteiger partial charge in [-0.2, -0.15) is 0 Å². The Kier molecular flexibility index (Phi) is 2.82. The van der Waals surface area contributed by atoms with E-state index in [-0.39, 0.29) is 0 Å². The van der Waals surface area contributed by atoms with E-state index in [1.165, 1.54) is 24.0 Å². The largest absolute Gasteiger partial charge is 0.317 e. The van der Waals surface area contributed by atoms with E-state index in [0.29, 0.717) is 0 Å². The van der Waals surface area contributed by atoms with E-state index in [1.807, 2.05) is 12.4 Å². The van der Waals surface area contributed by atoms with Gasteiger partial charge in [0, 0.05) is 12.4 Å². The van der Waals surface area contributed by atoms with Gasteiger partial charge in [-0.25, -0.2) is 0 Å². The second-order valence-electron chi connectivity index (χ2n) is 4.21. The SMILES string of the molecule is Cc1cncc(C)c1C1CCNCC1. The smallest absolute Gasteiger partial charge is 0.0300 e. The van der Waals surface area contributed by atoms with Crippen molar-refractivity contribution in [1.29, 1.82) is 0 Å². The zero-order valence-electron chi connectivity index (χ0n) is 9.01. The number of nitrogens with zero attached hydrogens (tertiary/aromatic N) is 1. The molecule has 1 aromatic rings. The van der Waals surface area contributed by atoms with Crippen LogP contribution in [-0.4, -0.2) is 18.1 Å². The van der Waals surface area contributed by atoms with Crippen molar-refractivity contribution in [2.75, 3.05) is 13.1 Å². The third kappa shape index (κ3) is 1.80. The van der Waals surface area contributed by atoms with Crippen molar-refractivity contribution < 1.29 is 0 Å². The Balaban J connectivity index is 2.29. The van der Waals surface area contributed by atoms with Crippen LogP contribution in [0, 0.1) is 13.8 Å². The highest BCUT2D eigenvalue weighted by atomic mass is 14.9. The van der Waals surface area contributed by atoms with E-state index in [4.69, 9.17) is 0 Å². The quantitative estimate of drug-likeness (QED) is 0.734. The van der Waals surface area contributed by atoms with Gasteiger partial charge in [0.25, 0.3) is 0 Å². The molecule has 2 heteroatoms. The Morgan fingerprint density at radius 2 is 1.71 bits per heavy atom. The number of hydrogen-bond donors (Lipinski definition) is 1. The number of piperidine rings is 1. The van der Waals surface area contributed by atoms with Gasteiger partial charge in [-0.3, -0.25) is 4.98 Å². The third-order valence-corrected chi connectivity index (χ3v) is 3.13. The maximum absolute atomic E-state index is 4.22. The fourth-order valence-electron chi connectivity index (χ4n) is 2.47. The van der Waals surface area contributed by atoms with Crippen LogP contribution in [0.1, 0.15) is 35.4 Å². The van der Waals surface area contributed by atoms with Crippen LogP contribution in [0.2, 0.25) is 0 Å². The molecule has 0 unspecified atom stereocenters. The molecule has 0 radical (unpaired) electrons. The maximum Gasteiger partial charge on any atom is 0.0300 e. The molecular formula is C12H18N2. The van der Waals surface area contributed by atoms with Gasteiger partial charge in [0.15, 0.2) is 0 Å². The summed E-state index contributed by atoms with van der Waals surface area (Å²) in [4.78, 5) is 4.22. The Morgan fingerprint density at radius 3 is 2.29 bits per heavy atom. The third-order valence-electron chi connectivity index (χ3n) is 3.13. The lowest BCUT2D eigenvalue weighted by molar-refractivity contribution is 0.457. The Hall–Kier alpha value is -0.890. The molecule has 0 aromatic carbocycles.